The number of hydrogen-bond donors (Lipinski definition) is 2. The summed E-state index contributed by atoms with van der Waals surface area (Å²) in [6.45, 7) is 12.7. The van der Waals surface area contributed by atoms with Gasteiger partial charge in [-0.05, 0) is 33.1 Å². The van der Waals surface area contributed by atoms with Gasteiger partial charge in [0.05, 0.1) is 5.60 Å². The number of allylic oxidation sites excluding steroid dienone is 2. The van der Waals surface area contributed by atoms with Gasteiger partial charge in [-0.2, -0.15) is 0 Å². The van der Waals surface area contributed by atoms with Crippen molar-refractivity contribution in [2.24, 2.45) is 0 Å². The number of carboxylic acid groups (broad SMARTS) is 1. The molecule has 0 aromatic carbocycles. The summed E-state index contributed by atoms with van der Waals surface area (Å²) in [7, 11) is 0. The third-order valence-electron chi connectivity index (χ3n) is 1.88. The molecule has 3 nitrogen and oxygen atoms in total. The van der Waals surface area contributed by atoms with Crippen molar-refractivity contribution in [1.29, 1.82) is 0 Å². The van der Waals surface area contributed by atoms with Crippen LogP contribution in [0.2, 0.25) is 0 Å². The predicted octanol–water partition coefficient (Wildman–Crippen LogP) is 3.15. The van der Waals surface area contributed by atoms with Crippen molar-refractivity contribution in [3.63, 3.8) is 0 Å². The van der Waals surface area contributed by atoms with Gasteiger partial charge < -0.3 is 10.2 Å². The van der Waals surface area contributed by atoms with Crippen molar-refractivity contribution in [2.75, 3.05) is 0 Å². The second-order valence-corrected chi connectivity index (χ2v) is 4.28. The molecule has 0 amide bonds. The molecule has 0 unspecified atom stereocenters. The lowest BCUT2D eigenvalue weighted by molar-refractivity contribution is -0.136. The van der Waals surface area contributed by atoms with Crippen molar-refractivity contribution >= 4 is 5.97 Å². The van der Waals surface area contributed by atoms with Crippen LogP contribution in [0.25, 0.3) is 0 Å². The Hall–Kier alpha value is -1.09. The smallest absolute Gasteiger partial charge is 0.303 e. The third-order valence-corrected chi connectivity index (χ3v) is 1.88. The summed E-state index contributed by atoms with van der Waals surface area (Å²) in [5.41, 5.74) is 0.510. The first kappa shape index (κ1) is 17.3. The molecule has 0 aromatic heterocycles. The van der Waals surface area contributed by atoms with E-state index in [1.165, 1.54) is 0 Å². The maximum absolute atomic E-state index is 9.37. The van der Waals surface area contributed by atoms with Crippen LogP contribution in [0.5, 0.6) is 0 Å². The number of carbonyl (C=O) groups is 1. The van der Waals surface area contributed by atoms with Crippen LogP contribution >= 0.6 is 0 Å². The molecule has 0 heterocycles. The van der Waals surface area contributed by atoms with Crippen LogP contribution in [0.15, 0.2) is 24.8 Å². The minimum atomic E-state index is -0.745. The molecule has 2 N–H and O–H groups in total. The van der Waals surface area contributed by atoms with Crippen molar-refractivity contribution in [3.8, 4) is 0 Å². The number of hydrogen-bond acceptors (Lipinski definition) is 2. The summed E-state index contributed by atoms with van der Waals surface area (Å²) in [6.07, 6.45) is 4.73. The molecule has 0 saturated carbocycles. The van der Waals surface area contributed by atoms with E-state index < -0.39 is 11.6 Å². The van der Waals surface area contributed by atoms with Gasteiger partial charge >= 0.3 is 5.97 Å². The maximum Gasteiger partial charge on any atom is 0.303 e. The Kier molecular flexibility index (Phi) is 9.91. The summed E-state index contributed by atoms with van der Waals surface area (Å²) in [6, 6.07) is 0. The first-order valence-electron chi connectivity index (χ1n) is 5.47. The molecule has 0 rings (SSSR count). The fourth-order valence-electron chi connectivity index (χ4n) is 0.850. The lowest BCUT2D eigenvalue weighted by Gasteiger charge is -2.16. The van der Waals surface area contributed by atoms with Gasteiger partial charge in [-0.25, -0.2) is 0 Å². The van der Waals surface area contributed by atoms with Gasteiger partial charge in [0, 0.05) is 6.42 Å². The molecule has 0 aliphatic rings. The van der Waals surface area contributed by atoms with Crippen LogP contribution in [-0.2, 0) is 4.79 Å². The molecule has 0 atom stereocenters. The highest BCUT2D eigenvalue weighted by molar-refractivity contribution is 5.66. The standard InChI is InChI=1S/C10H18O.C3H6O2/c1-5-9(2)7-6-8-10(3,4)11;1-2-3(4)5/h5,11H,1-2,6-8H2,3-4H3;2H2,1H3,(H,4,5). The molecular formula is C13H24O3. The van der Waals surface area contributed by atoms with Gasteiger partial charge in [-0.3, -0.25) is 4.79 Å². The Labute approximate surface area is 98.5 Å². The maximum atomic E-state index is 9.37. The molecule has 94 valence electrons. The molecule has 0 aromatic rings. The molecule has 0 aliphatic heterocycles. The molecule has 0 bridgehead atoms. The van der Waals surface area contributed by atoms with Crippen molar-refractivity contribution in [1.82, 2.24) is 0 Å². The molecule has 0 aliphatic carbocycles. The van der Waals surface area contributed by atoms with Gasteiger partial charge in [0.25, 0.3) is 0 Å². The van der Waals surface area contributed by atoms with Crippen LogP contribution in [0.4, 0.5) is 0 Å². The van der Waals surface area contributed by atoms with E-state index in [9.17, 15) is 9.90 Å². The van der Waals surface area contributed by atoms with Crippen LogP contribution in [0.1, 0.15) is 46.5 Å². The van der Waals surface area contributed by atoms with E-state index in [-0.39, 0.29) is 6.42 Å². The Morgan fingerprint density at radius 3 is 2.12 bits per heavy atom. The zero-order chi connectivity index (χ0) is 13.2. The number of rotatable bonds is 6. The normalized spacial score (nSPS) is 10.0. The molecule has 0 spiro atoms. The first-order valence-corrected chi connectivity index (χ1v) is 5.47. The summed E-state index contributed by atoms with van der Waals surface area (Å²) in [5.74, 6) is -0.745. The minimum Gasteiger partial charge on any atom is -0.481 e. The minimum absolute atomic E-state index is 0.222. The molecule has 0 fully saturated rings. The van der Waals surface area contributed by atoms with Gasteiger partial charge in [0.1, 0.15) is 0 Å². The van der Waals surface area contributed by atoms with Crippen LogP contribution in [0, 0.1) is 0 Å². The van der Waals surface area contributed by atoms with Crippen molar-refractivity contribution < 1.29 is 15.0 Å². The average molecular weight is 228 g/mol. The molecule has 0 radical (unpaired) electrons. The summed E-state index contributed by atoms with van der Waals surface area (Å²) in [4.78, 5) is 9.37. The van der Waals surface area contributed by atoms with Gasteiger partial charge in [0.15, 0.2) is 0 Å². The Bertz CT molecular complexity index is 224. The zero-order valence-corrected chi connectivity index (χ0v) is 10.6. The Morgan fingerprint density at radius 1 is 1.44 bits per heavy atom. The third kappa shape index (κ3) is 18.6. The lowest BCUT2D eigenvalue weighted by Crippen LogP contribution is -2.17. The monoisotopic (exact) mass is 228 g/mol. The molecule has 3 heteroatoms. The highest BCUT2D eigenvalue weighted by Gasteiger charge is 2.10. The van der Waals surface area contributed by atoms with E-state index in [1.54, 1.807) is 13.0 Å². The van der Waals surface area contributed by atoms with E-state index in [4.69, 9.17) is 5.11 Å². The Balaban J connectivity index is 0. The fourth-order valence-corrected chi connectivity index (χ4v) is 0.850. The van der Waals surface area contributed by atoms with E-state index in [2.05, 4.69) is 13.2 Å². The fraction of sp³-hybridized carbons (Fsp3) is 0.615. The van der Waals surface area contributed by atoms with E-state index in [1.807, 2.05) is 13.8 Å². The predicted molar refractivity (Wildman–Crippen MR) is 67.4 cm³/mol. The van der Waals surface area contributed by atoms with E-state index in [0.29, 0.717) is 0 Å². The SMILES string of the molecule is C=CC(=C)CCCC(C)(C)O.CCC(=O)O. The summed E-state index contributed by atoms with van der Waals surface area (Å²) >= 11 is 0. The van der Waals surface area contributed by atoms with E-state index in [0.717, 1.165) is 24.8 Å². The van der Waals surface area contributed by atoms with Crippen molar-refractivity contribution in [2.45, 2.75) is 52.1 Å². The second kappa shape index (κ2) is 9.16. The first-order chi connectivity index (χ1) is 7.22. The Morgan fingerprint density at radius 2 is 1.88 bits per heavy atom. The van der Waals surface area contributed by atoms with Crippen molar-refractivity contribution in [3.05, 3.63) is 24.8 Å². The highest BCUT2D eigenvalue weighted by atomic mass is 16.4. The molecule has 0 saturated heterocycles. The molecule has 16 heavy (non-hydrogen) atoms. The number of aliphatic hydroxyl groups is 1. The lowest BCUT2D eigenvalue weighted by atomic mass is 10.00. The number of carboxylic acids is 1. The van der Waals surface area contributed by atoms with Gasteiger partial charge in [-0.1, -0.05) is 31.7 Å². The quantitative estimate of drug-likeness (QED) is 0.687. The topological polar surface area (TPSA) is 57.5 Å². The van der Waals surface area contributed by atoms with Crippen LogP contribution < -0.4 is 0 Å². The second-order valence-electron chi connectivity index (χ2n) is 4.28. The average Bonchev–Trinajstić information content (AvgIpc) is 2.16. The van der Waals surface area contributed by atoms with Gasteiger partial charge in [-0.15, -0.1) is 0 Å². The van der Waals surface area contributed by atoms with Crippen LogP contribution in [0.3, 0.4) is 0 Å². The largest absolute Gasteiger partial charge is 0.481 e. The van der Waals surface area contributed by atoms with E-state index >= 15 is 0 Å². The summed E-state index contributed by atoms with van der Waals surface area (Å²) < 4.78 is 0. The number of aliphatic carboxylic acids is 1. The highest BCUT2D eigenvalue weighted by Crippen LogP contribution is 2.14. The molecular weight excluding hydrogens is 204 g/mol. The summed E-state index contributed by atoms with van der Waals surface area (Å²) in [5, 5.41) is 17.1. The van der Waals surface area contributed by atoms with Crippen LogP contribution in [-0.4, -0.2) is 21.8 Å². The zero-order valence-electron chi connectivity index (χ0n) is 10.6. The van der Waals surface area contributed by atoms with Gasteiger partial charge in [0.2, 0.25) is 0 Å².